The van der Waals surface area contributed by atoms with Gasteiger partial charge in [0.05, 0.1) is 24.3 Å². The van der Waals surface area contributed by atoms with Gasteiger partial charge >= 0.3 is 0 Å². The number of sulfone groups is 1. The van der Waals surface area contributed by atoms with E-state index in [0.717, 1.165) is 6.26 Å². The zero-order valence-corrected chi connectivity index (χ0v) is 13.4. The van der Waals surface area contributed by atoms with E-state index in [1.807, 2.05) is 0 Å². The Kier molecular flexibility index (Phi) is 4.77. The van der Waals surface area contributed by atoms with Crippen molar-refractivity contribution in [2.75, 3.05) is 26.2 Å². The SMILES string of the molecule is CC(CF)(CC(O)CF)c1cc(S(C)(=O)=O)cc2c1OCC2. The molecule has 0 saturated carbocycles. The van der Waals surface area contributed by atoms with Crippen LogP contribution < -0.4 is 4.74 Å². The second-order valence-electron chi connectivity index (χ2n) is 6.04. The normalized spacial score (nSPS) is 18.4. The van der Waals surface area contributed by atoms with Gasteiger partial charge in [-0.3, -0.25) is 4.39 Å². The van der Waals surface area contributed by atoms with Gasteiger partial charge in [-0.25, -0.2) is 12.8 Å². The highest BCUT2D eigenvalue weighted by atomic mass is 32.2. The number of halogens is 2. The lowest BCUT2D eigenvalue weighted by Gasteiger charge is -2.30. The van der Waals surface area contributed by atoms with Crippen LogP contribution in [-0.2, 0) is 21.7 Å². The lowest BCUT2D eigenvalue weighted by molar-refractivity contribution is 0.0969. The van der Waals surface area contributed by atoms with Crippen LogP contribution in [0.15, 0.2) is 17.0 Å². The molecule has 0 aliphatic carbocycles. The third-order valence-corrected chi connectivity index (χ3v) is 5.09. The van der Waals surface area contributed by atoms with Crippen molar-refractivity contribution in [3.8, 4) is 5.75 Å². The van der Waals surface area contributed by atoms with Gasteiger partial charge < -0.3 is 9.84 Å². The summed E-state index contributed by atoms with van der Waals surface area (Å²) in [5.74, 6) is 0.457. The van der Waals surface area contributed by atoms with Crippen molar-refractivity contribution in [1.29, 1.82) is 0 Å². The maximum absolute atomic E-state index is 13.7. The quantitative estimate of drug-likeness (QED) is 0.864. The van der Waals surface area contributed by atoms with Gasteiger partial charge in [-0.2, -0.15) is 0 Å². The first-order chi connectivity index (χ1) is 10.2. The van der Waals surface area contributed by atoms with Crippen LogP contribution in [0.4, 0.5) is 8.78 Å². The minimum absolute atomic E-state index is 0.0844. The fraction of sp³-hybridized carbons (Fsp3) is 0.600. The zero-order chi connectivity index (χ0) is 16.5. The molecule has 0 spiro atoms. The number of rotatable bonds is 6. The van der Waals surface area contributed by atoms with E-state index in [2.05, 4.69) is 0 Å². The predicted molar refractivity (Wildman–Crippen MR) is 78.7 cm³/mol. The summed E-state index contributed by atoms with van der Waals surface area (Å²) in [5.41, 5.74) is -0.133. The Morgan fingerprint density at radius 1 is 1.41 bits per heavy atom. The Bertz CT molecular complexity index is 660. The monoisotopic (exact) mass is 334 g/mol. The Morgan fingerprint density at radius 3 is 2.64 bits per heavy atom. The fourth-order valence-electron chi connectivity index (χ4n) is 2.75. The number of benzene rings is 1. The Hall–Kier alpha value is -1.21. The third-order valence-electron chi connectivity index (χ3n) is 3.99. The molecule has 0 radical (unpaired) electrons. The molecule has 0 amide bonds. The lowest BCUT2D eigenvalue weighted by atomic mass is 9.78. The van der Waals surface area contributed by atoms with E-state index in [-0.39, 0.29) is 11.3 Å². The number of hydrogen-bond acceptors (Lipinski definition) is 4. The molecule has 1 N–H and O–H groups in total. The van der Waals surface area contributed by atoms with Crippen molar-refractivity contribution < 1.29 is 27.0 Å². The van der Waals surface area contributed by atoms with Crippen molar-refractivity contribution in [2.24, 2.45) is 0 Å². The molecule has 1 aromatic rings. The maximum Gasteiger partial charge on any atom is 0.175 e. The van der Waals surface area contributed by atoms with E-state index in [1.54, 1.807) is 0 Å². The van der Waals surface area contributed by atoms with Crippen LogP contribution in [0.25, 0.3) is 0 Å². The molecule has 2 rings (SSSR count). The highest BCUT2D eigenvalue weighted by Crippen LogP contribution is 2.42. The van der Waals surface area contributed by atoms with Crippen molar-refractivity contribution >= 4 is 9.84 Å². The molecule has 0 saturated heterocycles. The number of fused-ring (bicyclic) bond motifs is 1. The van der Waals surface area contributed by atoms with Gasteiger partial charge in [-0.05, 0) is 24.1 Å². The van der Waals surface area contributed by atoms with E-state index < -0.39 is 34.7 Å². The standard InChI is InChI=1S/C15H20F2O4S/c1-15(9-17,7-11(18)8-16)13-6-12(22(2,19)20)5-10-3-4-21-14(10)13/h5-6,11,18H,3-4,7-9H2,1-2H3. The molecule has 124 valence electrons. The zero-order valence-electron chi connectivity index (χ0n) is 12.6. The summed E-state index contributed by atoms with van der Waals surface area (Å²) in [7, 11) is -3.46. The largest absolute Gasteiger partial charge is 0.493 e. The van der Waals surface area contributed by atoms with Crippen LogP contribution in [0.2, 0.25) is 0 Å². The first kappa shape index (κ1) is 17.1. The molecule has 22 heavy (non-hydrogen) atoms. The summed E-state index contributed by atoms with van der Waals surface area (Å²) < 4.78 is 55.5. The van der Waals surface area contributed by atoms with E-state index in [1.165, 1.54) is 19.1 Å². The molecule has 7 heteroatoms. The molecule has 0 aromatic heterocycles. The molecule has 2 unspecified atom stereocenters. The molecule has 2 atom stereocenters. The third kappa shape index (κ3) is 3.25. The van der Waals surface area contributed by atoms with Crippen molar-refractivity contribution in [3.05, 3.63) is 23.3 Å². The summed E-state index contributed by atoms with van der Waals surface area (Å²) in [6.45, 7) is 0.0935. The molecule has 0 bridgehead atoms. The van der Waals surface area contributed by atoms with Crippen molar-refractivity contribution in [1.82, 2.24) is 0 Å². The topological polar surface area (TPSA) is 63.6 Å². The van der Waals surface area contributed by atoms with Gasteiger partial charge in [0.15, 0.2) is 9.84 Å². The van der Waals surface area contributed by atoms with Crippen LogP contribution in [0.3, 0.4) is 0 Å². The predicted octanol–water partition coefficient (Wildman–Crippen LogP) is 1.97. The Labute approximate surface area is 129 Å². The van der Waals surface area contributed by atoms with Crippen LogP contribution >= 0.6 is 0 Å². The van der Waals surface area contributed by atoms with Crippen molar-refractivity contribution in [2.45, 2.75) is 36.2 Å². The van der Waals surface area contributed by atoms with Crippen LogP contribution in [0.5, 0.6) is 5.75 Å². The number of aliphatic hydroxyl groups is 1. The van der Waals surface area contributed by atoms with Crippen molar-refractivity contribution in [3.63, 3.8) is 0 Å². The lowest BCUT2D eigenvalue weighted by Crippen LogP contribution is -2.31. The average Bonchev–Trinajstić information content (AvgIpc) is 2.93. The Balaban J connectivity index is 2.59. The first-order valence-corrected chi connectivity index (χ1v) is 8.90. The van der Waals surface area contributed by atoms with Gasteiger partial charge in [0.1, 0.15) is 12.4 Å². The van der Waals surface area contributed by atoms with Gasteiger partial charge in [-0.15, -0.1) is 0 Å². The van der Waals surface area contributed by atoms with Gasteiger partial charge in [0, 0.05) is 23.7 Å². The molecule has 1 aromatic carbocycles. The van der Waals surface area contributed by atoms with Gasteiger partial charge in [0.25, 0.3) is 0 Å². The van der Waals surface area contributed by atoms with E-state index in [0.29, 0.717) is 29.9 Å². The molecule has 1 heterocycles. The molecule has 1 aliphatic heterocycles. The summed E-state index contributed by atoms with van der Waals surface area (Å²) in [6, 6.07) is 2.91. The number of aliphatic hydroxyl groups excluding tert-OH is 1. The molecule has 4 nitrogen and oxygen atoms in total. The number of alkyl halides is 2. The Morgan fingerprint density at radius 2 is 2.09 bits per heavy atom. The molecule has 1 aliphatic rings. The number of ether oxygens (including phenoxy) is 1. The number of hydrogen-bond donors (Lipinski definition) is 1. The smallest absolute Gasteiger partial charge is 0.175 e. The first-order valence-electron chi connectivity index (χ1n) is 7.01. The van der Waals surface area contributed by atoms with E-state index in [4.69, 9.17) is 4.74 Å². The van der Waals surface area contributed by atoms with Crippen LogP contribution in [0, 0.1) is 0 Å². The maximum atomic E-state index is 13.7. The summed E-state index contributed by atoms with van der Waals surface area (Å²) in [4.78, 5) is 0.0844. The summed E-state index contributed by atoms with van der Waals surface area (Å²) in [5, 5.41) is 9.56. The molecular formula is C15H20F2O4S. The minimum atomic E-state index is -3.46. The van der Waals surface area contributed by atoms with E-state index >= 15 is 0 Å². The minimum Gasteiger partial charge on any atom is -0.493 e. The second kappa shape index (κ2) is 6.12. The summed E-state index contributed by atoms with van der Waals surface area (Å²) in [6.07, 6.45) is 0.167. The van der Waals surface area contributed by atoms with Crippen LogP contribution in [-0.4, -0.2) is 45.8 Å². The second-order valence-corrected chi connectivity index (χ2v) is 8.05. The van der Waals surface area contributed by atoms with Crippen LogP contribution in [0.1, 0.15) is 24.5 Å². The van der Waals surface area contributed by atoms with Gasteiger partial charge in [-0.1, -0.05) is 6.92 Å². The highest BCUT2D eigenvalue weighted by Gasteiger charge is 2.36. The fourth-order valence-corrected chi connectivity index (χ4v) is 3.44. The highest BCUT2D eigenvalue weighted by molar-refractivity contribution is 7.90. The van der Waals surface area contributed by atoms with Gasteiger partial charge in [0.2, 0.25) is 0 Å². The average molecular weight is 334 g/mol. The molecule has 0 fully saturated rings. The molecular weight excluding hydrogens is 314 g/mol. The summed E-state index contributed by atoms with van der Waals surface area (Å²) >= 11 is 0. The van der Waals surface area contributed by atoms with E-state index in [9.17, 15) is 22.3 Å².